The first-order valence-electron chi connectivity index (χ1n) is 6.01. The minimum atomic E-state index is -0.747. The molecule has 0 bridgehead atoms. The van der Waals surface area contributed by atoms with Crippen molar-refractivity contribution < 1.29 is 14.6 Å². The smallest absolute Gasteiger partial charge is 0.304 e. The number of carboxylic acids is 1. The molecule has 6 heteroatoms. The molecule has 0 unspecified atom stereocenters. The van der Waals surface area contributed by atoms with Gasteiger partial charge in [0.2, 0.25) is 0 Å². The number of rotatable bonds is 7. The van der Waals surface area contributed by atoms with Crippen molar-refractivity contribution in [1.82, 2.24) is 9.97 Å². The Bertz CT molecular complexity index is 568. The van der Waals surface area contributed by atoms with Crippen LogP contribution in [0.1, 0.15) is 12.2 Å². The Morgan fingerprint density at radius 1 is 1.47 bits per heavy atom. The lowest BCUT2D eigenvalue weighted by molar-refractivity contribution is -0.136. The zero-order chi connectivity index (χ0) is 13.7. The number of H-pyrrole nitrogens is 1. The molecule has 0 aliphatic rings. The maximum atomic E-state index is 10.4. The van der Waals surface area contributed by atoms with Crippen LogP contribution in [0.3, 0.4) is 0 Å². The number of hydrogen-bond donors (Lipinski definition) is 2. The number of thioether (sulfide) groups is 1. The number of aryl methyl sites for hydroxylation is 1. The fourth-order valence-corrected chi connectivity index (χ4v) is 2.58. The number of aliphatic carboxylic acids is 1. The van der Waals surface area contributed by atoms with Gasteiger partial charge in [0.15, 0.2) is 0 Å². The molecule has 0 atom stereocenters. The summed E-state index contributed by atoms with van der Waals surface area (Å²) < 4.78 is 5.16. The van der Waals surface area contributed by atoms with Crippen LogP contribution in [0, 0.1) is 0 Å². The van der Waals surface area contributed by atoms with Gasteiger partial charge in [0, 0.05) is 24.0 Å². The topological polar surface area (TPSA) is 75.2 Å². The third kappa shape index (κ3) is 3.89. The van der Waals surface area contributed by atoms with Gasteiger partial charge in [-0.3, -0.25) is 4.79 Å². The number of nitrogens with one attached hydrogen (secondary N) is 1. The van der Waals surface area contributed by atoms with Crippen LogP contribution in [0.15, 0.2) is 18.2 Å². The molecular formula is C13H16N2O3S. The van der Waals surface area contributed by atoms with Crippen molar-refractivity contribution in [2.45, 2.75) is 12.8 Å². The number of aromatic amines is 1. The lowest BCUT2D eigenvalue weighted by Gasteiger charge is -1.97. The summed E-state index contributed by atoms with van der Waals surface area (Å²) >= 11 is 1.63. The molecule has 1 aromatic heterocycles. The highest BCUT2D eigenvalue weighted by molar-refractivity contribution is 7.99. The Hall–Kier alpha value is -1.69. The van der Waals surface area contributed by atoms with Crippen LogP contribution < -0.4 is 4.74 Å². The molecule has 0 aliphatic carbocycles. The second-order valence-corrected chi connectivity index (χ2v) is 5.30. The van der Waals surface area contributed by atoms with Gasteiger partial charge in [0.1, 0.15) is 11.6 Å². The van der Waals surface area contributed by atoms with Crippen molar-refractivity contribution in [2.24, 2.45) is 0 Å². The molecule has 19 heavy (non-hydrogen) atoms. The van der Waals surface area contributed by atoms with Gasteiger partial charge in [-0.15, -0.1) is 0 Å². The summed E-state index contributed by atoms with van der Waals surface area (Å²) in [4.78, 5) is 18.1. The maximum Gasteiger partial charge on any atom is 0.304 e. The third-order valence-electron chi connectivity index (χ3n) is 2.68. The molecule has 0 saturated carbocycles. The van der Waals surface area contributed by atoms with Crippen molar-refractivity contribution in [3.63, 3.8) is 0 Å². The molecule has 5 nitrogen and oxygen atoms in total. The van der Waals surface area contributed by atoms with E-state index in [0.717, 1.165) is 34.8 Å². The van der Waals surface area contributed by atoms with E-state index in [1.807, 2.05) is 18.2 Å². The van der Waals surface area contributed by atoms with Crippen molar-refractivity contribution >= 4 is 28.8 Å². The summed E-state index contributed by atoms with van der Waals surface area (Å²) in [7, 11) is 1.64. The van der Waals surface area contributed by atoms with Crippen LogP contribution in [0.2, 0.25) is 0 Å². The molecule has 2 rings (SSSR count). The highest BCUT2D eigenvalue weighted by Gasteiger charge is 2.04. The Morgan fingerprint density at radius 2 is 2.32 bits per heavy atom. The summed E-state index contributed by atoms with van der Waals surface area (Å²) in [6, 6.07) is 5.73. The Balaban J connectivity index is 1.89. The molecule has 1 heterocycles. The first-order chi connectivity index (χ1) is 9.19. The number of imidazole rings is 1. The number of methoxy groups -OCH3 is 1. The monoisotopic (exact) mass is 280 g/mol. The van der Waals surface area contributed by atoms with E-state index < -0.39 is 5.97 Å². The second kappa shape index (κ2) is 6.47. The molecule has 0 saturated heterocycles. The number of hydrogen-bond acceptors (Lipinski definition) is 4. The van der Waals surface area contributed by atoms with E-state index in [1.165, 1.54) is 0 Å². The Morgan fingerprint density at radius 3 is 3.05 bits per heavy atom. The van der Waals surface area contributed by atoms with Crippen molar-refractivity contribution in [1.29, 1.82) is 0 Å². The average Bonchev–Trinajstić information content (AvgIpc) is 2.79. The Labute approximate surface area is 115 Å². The van der Waals surface area contributed by atoms with E-state index in [4.69, 9.17) is 9.84 Å². The summed E-state index contributed by atoms with van der Waals surface area (Å²) in [6.07, 6.45) is 1.02. The fourth-order valence-electron chi connectivity index (χ4n) is 1.72. The SMILES string of the molecule is COc1ccc2nc(CCSCCC(=O)O)[nH]c2c1. The normalized spacial score (nSPS) is 10.8. The van der Waals surface area contributed by atoms with Gasteiger partial charge in [-0.05, 0) is 12.1 Å². The molecule has 1 aromatic carbocycles. The first kappa shape index (κ1) is 13.7. The van der Waals surface area contributed by atoms with Gasteiger partial charge in [0.25, 0.3) is 0 Å². The number of benzene rings is 1. The lowest BCUT2D eigenvalue weighted by atomic mass is 10.3. The zero-order valence-electron chi connectivity index (χ0n) is 10.7. The van der Waals surface area contributed by atoms with Gasteiger partial charge in [-0.1, -0.05) is 0 Å². The predicted octanol–water partition coefficient (Wildman–Crippen LogP) is 2.32. The minimum absolute atomic E-state index is 0.210. The molecule has 0 fully saturated rings. The summed E-state index contributed by atoms with van der Waals surface area (Å²) in [5.74, 6) is 2.49. The molecule has 2 aromatic rings. The van der Waals surface area contributed by atoms with Crippen LogP contribution in [-0.2, 0) is 11.2 Å². The summed E-state index contributed by atoms with van der Waals surface area (Å²) in [6.45, 7) is 0. The predicted molar refractivity (Wildman–Crippen MR) is 75.9 cm³/mol. The molecule has 0 spiro atoms. The summed E-state index contributed by atoms with van der Waals surface area (Å²) in [5.41, 5.74) is 1.89. The summed E-state index contributed by atoms with van der Waals surface area (Å²) in [5, 5.41) is 8.53. The van der Waals surface area contributed by atoms with Gasteiger partial charge in [-0.2, -0.15) is 11.8 Å². The first-order valence-corrected chi connectivity index (χ1v) is 7.16. The van der Waals surface area contributed by atoms with Gasteiger partial charge >= 0.3 is 5.97 Å². The van der Waals surface area contributed by atoms with Gasteiger partial charge in [-0.25, -0.2) is 4.98 Å². The molecule has 2 N–H and O–H groups in total. The van der Waals surface area contributed by atoms with E-state index in [1.54, 1.807) is 18.9 Å². The van der Waals surface area contributed by atoms with E-state index in [-0.39, 0.29) is 6.42 Å². The van der Waals surface area contributed by atoms with Crippen LogP contribution in [0.25, 0.3) is 11.0 Å². The number of ether oxygens (including phenoxy) is 1. The van der Waals surface area contributed by atoms with E-state index in [9.17, 15) is 4.79 Å². The fraction of sp³-hybridized carbons (Fsp3) is 0.385. The number of nitrogens with zero attached hydrogens (tertiary/aromatic N) is 1. The highest BCUT2D eigenvalue weighted by atomic mass is 32.2. The molecule has 102 valence electrons. The third-order valence-corrected chi connectivity index (χ3v) is 3.67. The molecular weight excluding hydrogens is 264 g/mol. The van der Waals surface area contributed by atoms with Crippen LogP contribution in [-0.4, -0.2) is 39.7 Å². The van der Waals surface area contributed by atoms with E-state index >= 15 is 0 Å². The van der Waals surface area contributed by atoms with Crippen LogP contribution in [0.5, 0.6) is 5.75 Å². The maximum absolute atomic E-state index is 10.4. The number of carboxylic acid groups (broad SMARTS) is 1. The average molecular weight is 280 g/mol. The molecule has 0 radical (unpaired) electrons. The standard InChI is InChI=1S/C13H16N2O3S/c1-18-9-2-3-10-11(8-9)15-12(14-10)4-6-19-7-5-13(16)17/h2-3,8H,4-7H2,1H3,(H,14,15)(H,16,17). The van der Waals surface area contributed by atoms with Gasteiger partial charge in [0.05, 0.1) is 24.6 Å². The van der Waals surface area contributed by atoms with Gasteiger partial charge < -0.3 is 14.8 Å². The molecule has 0 amide bonds. The number of fused-ring (bicyclic) bond motifs is 1. The number of aromatic nitrogens is 2. The molecule has 0 aliphatic heterocycles. The second-order valence-electron chi connectivity index (χ2n) is 4.07. The lowest BCUT2D eigenvalue weighted by Crippen LogP contribution is -1.98. The Kier molecular flexibility index (Phi) is 4.68. The minimum Gasteiger partial charge on any atom is -0.497 e. The van der Waals surface area contributed by atoms with E-state index in [0.29, 0.717) is 5.75 Å². The zero-order valence-corrected chi connectivity index (χ0v) is 11.5. The van der Waals surface area contributed by atoms with Crippen LogP contribution >= 0.6 is 11.8 Å². The highest BCUT2D eigenvalue weighted by Crippen LogP contribution is 2.19. The van der Waals surface area contributed by atoms with Crippen molar-refractivity contribution in [3.8, 4) is 5.75 Å². The van der Waals surface area contributed by atoms with Crippen LogP contribution in [0.4, 0.5) is 0 Å². The van der Waals surface area contributed by atoms with E-state index in [2.05, 4.69) is 9.97 Å². The van der Waals surface area contributed by atoms with Crippen molar-refractivity contribution in [2.75, 3.05) is 18.6 Å². The quantitative estimate of drug-likeness (QED) is 0.761. The largest absolute Gasteiger partial charge is 0.497 e. The number of carbonyl (C=O) groups is 1. The van der Waals surface area contributed by atoms with Crippen molar-refractivity contribution in [3.05, 3.63) is 24.0 Å².